The third-order valence-electron chi connectivity index (χ3n) is 3.68. The van der Waals surface area contributed by atoms with E-state index in [1.165, 1.54) is 4.90 Å². The first-order chi connectivity index (χ1) is 8.38. The van der Waals surface area contributed by atoms with Crippen LogP contribution in [0.25, 0.3) is 0 Å². The van der Waals surface area contributed by atoms with Crippen LogP contribution in [0.1, 0.15) is 39.0 Å². The van der Waals surface area contributed by atoms with E-state index in [2.05, 4.69) is 5.32 Å². The second kappa shape index (κ2) is 6.18. The van der Waals surface area contributed by atoms with E-state index in [1.807, 2.05) is 0 Å². The van der Waals surface area contributed by atoms with Crippen LogP contribution in [-0.4, -0.2) is 48.1 Å². The largest absolute Gasteiger partial charge is 0.389 e. The Morgan fingerprint density at radius 3 is 2.44 bits per heavy atom. The normalized spacial score (nSPS) is 19.3. The van der Waals surface area contributed by atoms with Gasteiger partial charge in [0.1, 0.15) is 0 Å². The van der Waals surface area contributed by atoms with Crippen molar-refractivity contribution in [1.82, 2.24) is 10.2 Å². The second-order valence-corrected chi connectivity index (χ2v) is 5.40. The predicted octanol–water partition coefficient (Wildman–Crippen LogP) is 0.522. The quantitative estimate of drug-likeness (QED) is 0.753. The number of hydrogen-bond donors (Lipinski definition) is 2. The SMILES string of the molecule is CNC(=O)C(C)CN(C)C(=O)CC1(O)CCCC1. The summed E-state index contributed by atoms with van der Waals surface area (Å²) >= 11 is 0. The summed E-state index contributed by atoms with van der Waals surface area (Å²) in [4.78, 5) is 24.9. The average molecular weight is 256 g/mol. The number of rotatable bonds is 5. The molecule has 0 aromatic rings. The van der Waals surface area contributed by atoms with Crippen LogP contribution < -0.4 is 5.32 Å². The van der Waals surface area contributed by atoms with Crippen molar-refractivity contribution < 1.29 is 14.7 Å². The molecule has 1 atom stereocenters. The van der Waals surface area contributed by atoms with E-state index in [9.17, 15) is 14.7 Å². The Morgan fingerprint density at radius 2 is 1.94 bits per heavy atom. The summed E-state index contributed by atoms with van der Waals surface area (Å²) in [5, 5.41) is 12.7. The van der Waals surface area contributed by atoms with Crippen molar-refractivity contribution in [2.24, 2.45) is 5.92 Å². The van der Waals surface area contributed by atoms with E-state index in [-0.39, 0.29) is 24.2 Å². The highest BCUT2D eigenvalue weighted by molar-refractivity contribution is 5.80. The molecule has 5 heteroatoms. The molecule has 0 bridgehead atoms. The first-order valence-electron chi connectivity index (χ1n) is 6.56. The second-order valence-electron chi connectivity index (χ2n) is 5.40. The molecule has 0 aromatic carbocycles. The maximum Gasteiger partial charge on any atom is 0.225 e. The lowest BCUT2D eigenvalue weighted by Gasteiger charge is -2.26. The first kappa shape index (κ1) is 15.0. The number of nitrogens with zero attached hydrogens (tertiary/aromatic N) is 1. The molecule has 2 N–H and O–H groups in total. The van der Waals surface area contributed by atoms with E-state index in [0.29, 0.717) is 19.4 Å². The summed E-state index contributed by atoms with van der Waals surface area (Å²) in [7, 11) is 3.27. The number of aliphatic hydroxyl groups is 1. The van der Waals surface area contributed by atoms with Crippen molar-refractivity contribution >= 4 is 11.8 Å². The van der Waals surface area contributed by atoms with Crippen LogP contribution in [0.4, 0.5) is 0 Å². The molecule has 1 unspecified atom stereocenters. The molecule has 1 aliphatic carbocycles. The van der Waals surface area contributed by atoms with Crippen LogP contribution in [0, 0.1) is 5.92 Å². The van der Waals surface area contributed by atoms with Gasteiger partial charge in [0.05, 0.1) is 17.9 Å². The summed E-state index contributed by atoms with van der Waals surface area (Å²) in [5.74, 6) is -0.397. The summed E-state index contributed by atoms with van der Waals surface area (Å²) in [6, 6.07) is 0. The zero-order valence-electron chi connectivity index (χ0n) is 11.5. The Labute approximate surface area is 109 Å². The van der Waals surface area contributed by atoms with Gasteiger partial charge in [0, 0.05) is 20.6 Å². The monoisotopic (exact) mass is 256 g/mol. The summed E-state index contributed by atoms with van der Waals surface area (Å²) in [6.45, 7) is 2.17. The highest BCUT2D eigenvalue weighted by Gasteiger charge is 2.34. The zero-order chi connectivity index (χ0) is 13.8. The molecular weight excluding hydrogens is 232 g/mol. The van der Waals surface area contributed by atoms with Crippen LogP contribution >= 0.6 is 0 Å². The molecule has 0 heterocycles. The molecule has 18 heavy (non-hydrogen) atoms. The molecule has 5 nitrogen and oxygen atoms in total. The number of amides is 2. The van der Waals surface area contributed by atoms with Crippen LogP contribution in [-0.2, 0) is 9.59 Å². The van der Waals surface area contributed by atoms with Crippen molar-refractivity contribution in [1.29, 1.82) is 0 Å². The predicted molar refractivity (Wildman–Crippen MR) is 68.9 cm³/mol. The van der Waals surface area contributed by atoms with Gasteiger partial charge in [-0.25, -0.2) is 0 Å². The fourth-order valence-electron chi connectivity index (χ4n) is 2.47. The first-order valence-corrected chi connectivity index (χ1v) is 6.56. The Balaban J connectivity index is 2.43. The number of nitrogens with one attached hydrogen (secondary N) is 1. The van der Waals surface area contributed by atoms with Gasteiger partial charge in [0.15, 0.2) is 0 Å². The summed E-state index contributed by atoms with van der Waals surface area (Å²) < 4.78 is 0. The van der Waals surface area contributed by atoms with Crippen molar-refractivity contribution in [2.45, 2.75) is 44.6 Å². The van der Waals surface area contributed by atoms with Crippen LogP contribution in [0.15, 0.2) is 0 Å². The molecule has 1 fully saturated rings. The van der Waals surface area contributed by atoms with Crippen LogP contribution in [0.5, 0.6) is 0 Å². The van der Waals surface area contributed by atoms with Crippen molar-refractivity contribution in [3.05, 3.63) is 0 Å². The molecule has 0 aliphatic heterocycles. The van der Waals surface area contributed by atoms with Crippen molar-refractivity contribution in [2.75, 3.05) is 20.6 Å². The molecule has 2 amide bonds. The van der Waals surface area contributed by atoms with E-state index in [1.54, 1.807) is 21.0 Å². The van der Waals surface area contributed by atoms with Crippen LogP contribution in [0.3, 0.4) is 0 Å². The zero-order valence-corrected chi connectivity index (χ0v) is 11.5. The van der Waals surface area contributed by atoms with Crippen molar-refractivity contribution in [3.63, 3.8) is 0 Å². The van der Waals surface area contributed by atoms with Gasteiger partial charge in [-0.3, -0.25) is 9.59 Å². The van der Waals surface area contributed by atoms with Gasteiger partial charge in [-0.15, -0.1) is 0 Å². The number of carbonyl (C=O) groups is 2. The molecular formula is C13H24N2O3. The Bertz CT molecular complexity index is 311. The minimum Gasteiger partial charge on any atom is -0.389 e. The van der Waals surface area contributed by atoms with Gasteiger partial charge in [0.2, 0.25) is 11.8 Å². The van der Waals surface area contributed by atoms with Gasteiger partial charge in [-0.1, -0.05) is 19.8 Å². The molecule has 1 saturated carbocycles. The van der Waals surface area contributed by atoms with Gasteiger partial charge in [0.25, 0.3) is 0 Å². The molecule has 104 valence electrons. The highest BCUT2D eigenvalue weighted by atomic mass is 16.3. The Hall–Kier alpha value is -1.10. The lowest BCUT2D eigenvalue weighted by molar-refractivity contribution is -0.136. The lowest BCUT2D eigenvalue weighted by Crippen LogP contribution is -2.40. The minimum atomic E-state index is -0.818. The smallest absolute Gasteiger partial charge is 0.225 e. The van der Waals surface area contributed by atoms with E-state index in [0.717, 1.165) is 12.8 Å². The van der Waals surface area contributed by atoms with Gasteiger partial charge < -0.3 is 15.3 Å². The Kier molecular flexibility index (Phi) is 5.14. The molecule has 0 spiro atoms. The average Bonchev–Trinajstić information content (AvgIpc) is 2.74. The Morgan fingerprint density at radius 1 is 1.39 bits per heavy atom. The van der Waals surface area contributed by atoms with Crippen molar-refractivity contribution in [3.8, 4) is 0 Å². The lowest BCUT2D eigenvalue weighted by atomic mass is 9.97. The maximum absolute atomic E-state index is 12.0. The number of carbonyl (C=O) groups excluding carboxylic acids is 2. The standard InChI is InChI=1S/C13H24N2O3/c1-10(12(17)14-2)9-15(3)11(16)8-13(18)6-4-5-7-13/h10,18H,4-9H2,1-3H3,(H,14,17). The van der Waals surface area contributed by atoms with Gasteiger partial charge in [-0.2, -0.15) is 0 Å². The van der Waals surface area contributed by atoms with Gasteiger partial charge >= 0.3 is 0 Å². The highest BCUT2D eigenvalue weighted by Crippen LogP contribution is 2.32. The van der Waals surface area contributed by atoms with Crippen LogP contribution in [0.2, 0.25) is 0 Å². The third-order valence-corrected chi connectivity index (χ3v) is 3.68. The fraction of sp³-hybridized carbons (Fsp3) is 0.846. The number of hydrogen-bond acceptors (Lipinski definition) is 3. The molecule has 0 aromatic heterocycles. The minimum absolute atomic E-state index is 0.0748. The summed E-state index contributed by atoms with van der Waals surface area (Å²) in [6.07, 6.45) is 3.56. The molecule has 0 saturated heterocycles. The third kappa shape index (κ3) is 3.98. The topological polar surface area (TPSA) is 69.6 Å². The molecule has 0 radical (unpaired) electrons. The fourth-order valence-corrected chi connectivity index (χ4v) is 2.47. The summed E-state index contributed by atoms with van der Waals surface area (Å²) in [5.41, 5.74) is -0.818. The van der Waals surface area contributed by atoms with E-state index >= 15 is 0 Å². The molecule has 1 aliphatic rings. The molecule has 1 rings (SSSR count). The van der Waals surface area contributed by atoms with Gasteiger partial charge in [-0.05, 0) is 12.8 Å². The maximum atomic E-state index is 12.0. The van der Waals surface area contributed by atoms with E-state index in [4.69, 9.17) is 0 Å². The van der Waals surface area contributed by atoms with E-state index < -0.39 is 5.60 Å².